The molecule has 0 radical (unpaired) electrons. The Bertz CT molecular complexity index is 733. The number of fused-ring (bicyclic) bond motifs is 1. The molecule has 0 amide bonds. The number of ketones is 1. The first kappa shape index (κ1) is 18.0. The fraction of sp³-hybridized carbons (Fsp3) is 0.706. The first-order valence-corrected chi connectivity index (χ1v) is 11.0. The zero-order valence-electron chi connectivity index (χ0n) is 14.3. The van der Waals surface area contributed by atoms with Crippen LogP contribution in [0.5, 0.6) is 0 Å². The first-order valence-electron chi connectivity index (χ1n) is 8.69. The summed E-state index contributed by atoms with van der Waals surface area (Å²) in [7, 11) is -3.61. The van der Waals surface area contributed by atoms with Crippen LogP contribution in [-0.4, -0.2) is 26.8 Å². The molecule has 2 aliphatic rings. The molecular weight excluding hydrogens is 344 g/mol. The zero-order chi connectivity index (χ0) is 17.5. The molecule has 3 rings (SSSR count). The summed E-state index contributed by atoms with van der Waals surface area (Å²) in [5.41, 5.74) is 6.93. The smallest absolute Gasteiger partial charge is 0.241 e. The van der Waals surface area contributed by atoms with Crippen LogP contribution in [0.4, 0.5) is 0 Å². The van der Waals surface area contributed by atoms with E-state index in [0.717, 1.165) is 36.1 Å². The Morgan fingerprint density at radius 1 is 1.33 bits per heavy atom. The number of hydrogen-bond donors (Lipinski definition) is 2. The SMILES string of the molecule is CC(C)CNS(=O)(=O)c1c(CC(=O)C2CC2)sc2c1CC(N)CC2. The van der Waals surface area contributed by atoms with E-state index in [1.54, 1.807) is 0 Å². The van der Waals surface area contributed by atoms with E-state index < -0.39 is 10.0 Å². The van der Waals surface area contributed by atoms with E-state index in [-0.39, 0.29) is 30.1 Å². The van der Waals surface area contributed by atoms with Crippen molar-refractivity contribution >= 4 is 27.1 Å². The van der Waals surface area contributed by atoms with Gasteiger partial charge in [0.1, 0.15) is 5.78 Å². The highest BCUT2D eigenvalue weighted by Gasteiger charge is 2.35. The fourth-order valence-corrected chi connectivity index (χ4v) is 6.50. The molecule has 0 aliphatic heterocycles. The number of nitrogens with one attached hydrogen (secondary N) is 1. The third kappa shape index (κ3) is 3.90. The lowest BCUT2D eigenvalue weighted by atomic mass is 9.94. The summed E-state index contributed by atoms with van der Waals surface area (Å²) in [5, 5.41) is 0. The van der Waals surface area contributed by atoms with Gasteiger partial charge in [0.2, 0.25) is 10.0 Å². The summed E-state index contributed by atoms with van der Waals surface area (Å²) in [6, 6.07) is -0.00173. The second-order valence-electron chi connectivity index (χ2n) is 7.42. The molecule has 2 aliphatic carbocycles. The summed E-state index contributed by atoms with van der Waals surface area (Å²) in [6.07, 6.45) is 4.41. The van der Waals surface area contributed by atoms with Crippen LogP contribution in [0.3, 0.4) is 0 Å². The van der Waals surface area contributed by atoms with Crippen molar-refractivity contribution < 1.29 is 13.2 Å². The standard InChI is InChI=1S/C17H26N2O3S2/c1-10(2)9-19-24(21,22)17-13-7-12(18)5-6-15(13)23-16(17)8-14(20)11-3-4-11/h10-12,19H,3-9,18H2,1-2H3. The van der Waals surface area contributed by atoms with E-state index in [4.69, 9.17) is 5.73 Å². The second kappa shape index (κ2) is 6.86. The maximum atomic E-state index is 12.9. The van der Waals surface area contributed by atoms with E-state index in [9.17, 15) is 13.2 Å². The largest absolute Gasteiger partial charge is 0.327 e. The highest BCUT2D eigenvalue weighted by Crippen LogP contribution is 2.39. The van der Waals surface area contributed by atoms with Gasteiger partial charge in [-0.05, 0) is 43.6 Å². The van der Waals surface area contributed by atoms with Crippen molar-refractivity contribution in [2.24, 2.45) is 17.6 Å². The van der Waals surface area contributed by atoms with Crippen molar-refractivity contribution in [2.75, 3.05) is 6.54 Å². The van der Waals surface area contributed by atoms with Gasteiger partial charge in [0.15, 0.2) is 0 Å². The number of rotatable bonds is 7. The van der Waals surface area contributed by atoms with Crippen molar-refractivity contribution in [2.45, 2.75) is 63.3 Å². The molecule has 5 nitrogen and oxygen atoms in total. The maximum absolute atomic E-state index is 12.9. The topological polar surface area (TPSA) is 89.3 Å². The van der Waals surface area contributed by atoms with E-state index in [1.807, 2.05) is 13.8 Å². The molecule has 1 atom stereocenters. The Balaban J connectivity index is 1.97. The molecule has 24 heavy (non-hydrogen) atoms. The Hall–Kier alpha value is -0.760. The van der Waals surface area contributed by atoms with Crippen molar-refractivity contribution in [3.63, 3.8) is 0 Å². The Morgan fingerprint density at radius 2 is 2.04 bits per heavy atom. The molecule has 1 aromatic heterocycles. The van der Waals surface area contributed by atoms with Gasteiger partial charge in [0.05, 0.1) is 4.90 Å². The van der Waals surface area contributed by atoms with Gasteiger partial charge in [-0.25, -0.2) is 13.1 Å². The highest BCUT2D eigenvalue weighted by atomic mass is 32.2. The van der Waals surface area contributed by atoms with E-state index >= 15 is 0 Å². The van der Waals surface area contributed by atoms with Crippen molar-refractivity contribution in [3.05, 3.63) is 15.3 Å². The number of nitrogens with two attached hydrogens (primary N) is 1. The molecule has 0 saturated heterocycles. The molecule has 0 spiro atoms. The number of carbonyl (C=O) groups is 1. The average molecular weight is 371 g/mol. The van der Waals surface area contributed by atoms with Crippen LogP contribution in [0.1, 0.15) is 48.4 Å². The number of hydrogen-bond acceptors (Lipinski definition) is 5. The molecule has 7 heteroatoms. The van der Waals surface area contributed by atoms with Gasteiger partial charge in [0, 0.05) is 34.7 Å². The number of aryl methyl sites for hydroxylation is 1. The maximum Gasteiger partial charge on any atom is 0.241 e. The predicted octanol–water partition coefficient (Wildman–Crippen LogP) is 2.02. The van der Waals surface area contributed by atoms with E-state index in [0.29, 0.717) is 22.7 Å². The van der Waals surface area contributed by atoms with Gasteiger partial charge in [-0.3, -0.25) is 4.79 Å². The molecule has 0 bridgehead atoms. The molecular formula is C17H26N2O3S2. The highest BCUT2D eigenvalue weighted by molar-refractivity contribution is 7.89. The fourth-order valence-electron chi connectivity index (χ4n) is 3.13. The van der Waals surface area contributed by atoms with Gasteiger partial charge >= 0.3 is 0 Å². The monoisotopic (exact) mass is 370 g/mol. The molecule has 1 heterocycles. The number of thiophene rings is 1. The second-order valence-corrected chi connectivity index (χ2v) is 10.3. The first-order chi connectivity index (χ1) is 11.3. The lowest BCUT2D eigenvalue weighted by molar-refractivity contribution is -0.119. The molecule has 1 fully saturated rings. The van der Waals surface area contributed by atoms with E-state index in [1.165, 1.54) is 11.3 Å². The van der Waals surface area contributed by atoms with Crippen molar-refractivity contribution in [1.29, 1.82) is 0 Å². The Morgan fingerprint density at radius 3 is 2.67 bits per heavy atom. The predicted molar refractivity (Wildman–Crippen MR) is 95.8 cm³/mol. The minimum Gasteiger partial charge on any atom is -0.327 e. The van der Waals surface area contributed by atoms with Crippen molar-refractivity contribution in [3.8, 4) is 0 Å². The van der Waals surface area contributed by atoms with Gasteiger partial charge in [-0.1, -0.05) is 13.8 Å². The minimum atomic E-state index is -3.61. The Kier molecular flexibility index (Phi) is 5.16. The summed E-state index contributed by atoms with van der Waals surface area (Å²) in [6.45, 7) is 4.34. The number of Topliss-reactive ketones (excluding diaryl/α,β-unsaturated/α-hetero) is 1. The summed E-state index contributed by atoms with van der Waals surface area (Å²) in [5.74, 6) is 0.553. The van der Waals surface area contributed by atoms with Crippen molar-refractivity contribution in [1.82, 2.24) is 4.72 Å². The molecule has 1 saturated carbocycles. The quantitative estimate of drug-likeness (QED) is 0.768. The van der Waals surface area contributed by atoms with E-state index in [2.05, 4.69) is 4.72 Å². The molecule has 1 unspecified atom stereocenters. The molecule has 3 N–H and O–H groups in total. The normalized spacial score (nSPS) is 21.1. The molecule has 1 aromatic rings. The molecule has 134 valence electrons. The van der Waals surface area contributed by atoms with Crippen LogP contribution in [0.15, 0.2) is 4.90 Å². The number of sulfonamides is 1. The van der Waals surface area contributed by atoms with Crippen LogP contribution in [0, 0.1) is 11.8 Å². The molecule has 0 aromatic carbocycles. The van der Waals surface area contributed by atoms with Gasteiger partial charge in [0.25, 0.3) is 0 Å². The van der Waals surface area contributed by atoms with Crippen LogP contribution in [-0.2, 0) is 34.1 Å². The minimum absolute atomic E-state index is 0.00173. The van der Waals surface area contributed by atoms with Crippen LogP contribution in [0.2, 0.25) is 0 Å². The van der Waals surface area contributed by atoms with Gasteiger partial charge in [-0.2, -0.15) is 0 Å². The van der Waals surface area contributed by atoms with Crippen LogP contribution < -0.4 is 10.5 Å². The summed E-state index contributed by atoms with van der Waals surface area (Å²) >= 11 is 1.50. The van der Waals surface area contributed by atoms with Crippen LogP contribution >= 0.6 is 11.3 Å². The lowest BCUT2D eigenvalue weighted by Gasteiger charge is -2.19. The third-order valence-corrected chi connectivity index (χ3v) is 7.63. The average Bonchev–Trinajstić information content (AvgIpc) is 3.27. The summed E-state index contributed by atoms with van der Waals surface area (Å²) in [4.78, 5) is 14.4. The van der Waals surface area contributed by atoms with Crippen LogP contribution in [0.25, 0.3) is 0 Å². The Labute approximate surface area is 148 Å². The lowest BCUT2D eigenvalue weighted by Crippen LogP contribution is -2.32. The zero-order valence-corrected chi connectivity index (χ0v) is 15.9. The van der Waals surface area contributed by atoms with Gasteiger partial charge in [-0.15, -0.1) is 11.3 Å². The summed E-state index contributed by atoms with van der Waals surface area (Å²) < 4.78 is 28.5. The number of carbonyl (C=O) groups excluding carboxylic acids is 1. The third-order valence-electron chi connectivity index (χ3n) is 4.64. The van der Waals surface area contributed by atoms with Gasteiger partial charge < -0.3 is 5.73 Å².